The zero-order valence-corrected chi connectivity index (χ0v) is 14.5. The van der Waals surface area contributed by atoms with E-state index in [-0.39, 0.29) is 6.61 Å². The minimum absolute atomic E-state index is 0.138. The van der Waals surface area contributed by atoms with Crippen molar-refractivity contribution in [2.75, 3.05) is 13.7 Å². The van der Waals surface area contributed by atoms with Gasteiger partial charge in [0.1, 0.15) is 12.8 Å². The van der Waals surface area contributed by atoms with Crippen molar-refractivity contribution in [3.05, 3.63) is 77.6 Å². The quantitative estimate of drug-likeness (QED) is 0.481. The molecule has 26 heavy (non-hydrogen) atoms. The van der Waals surface area contributed by atoms with E-state index in [4.69, 9.17) is 9.68 Å². The topological polar surface area (TPSA) is 86.8 Å². The molecule has 3 rings (SSSR count). The molecule has 0 spiro atoms. The average molecular weight is 350 g/mol. The highest BCUT2D eigenvalue weighted by atomic mass is 16.6. The van der Waals surface area contributed by atoms with E-state index < -0.39 is 0 Å². The van der Waals surface area contributed by atoms with Crippen molar-refractivity contribution in [2.45, 2.75) is 0 Å². The maximum absolute atomic E-state index is 5.57. The first-order chi connectivity index (χ1) is 12.8. The van der Waals surface area contributed by atoms with Crippen molar-refractivity contribution in [1.82, 2.24) is 20.2 Å². The lowest BCUT2D eigenvalue weighted by Gasteiger charge is -2.07. The van der Waals surface area contributed by atoms with E-state index in [1.54, 1.807) is 7.05 Å². The molecular formula is C18H18N6O2. The molecule has 0 saturated heterocycles. The molecule has 1 heterocycles. The fourth-order valence-corrected chi connectivity index (χ4v) is 2.31. The molecule has 0 amide bonds. The van der Waals surface area contributed by atoms with Crippen molar-refractivity contribution in [3.63, 3.8) is 0 Å². The first kappa shape index (κ1) is 17.3. The molecule has 0 unspecified atom stereocenters. The Morgan fingerprint density at radius 3 is 2.19 bits per heavy atom. The zero-order chi connectivity index (χ0) is 18.2. The van der Waals surface area contributed by atoms with Gasteiger partial charge in [0.2, 0.25) is 5.82 Å². The molecule has 0 aliphatic heterocycles. The summed E-state index contributed by atoms with van der Waals surface area (Å²) in [5, 5.41) is 19.8. The summed E-state index contributed by atoms with van der Waals surface area (Å²) in [6.07, 6.45) is 0. The molecule has 0 N–H and O–H groups in total. The van der Waals surface area contributed by atoms with Crippen LogP contribution in [0.15, 0.2) is 71.0 Å². The molecule has 1 aromatic heterocycles. The van der Waals surface area contributed by atoms with Gasteiger partial charge in [-0.2, -0.15) is 0 Å². The monoisotopic (exact) mass is 350 g/mol. The number of rotatable bonds is 7. The zero-order valence-electron chi connectivity index (χ0n) is 14.5. The predicted octanol–water partition coefficient (Wildman–Crippen LogP) is 2.03. The summed E-state index contributed by atoms with van der Waals surface area (Å²) in [7, 11) is 3.24. The van der Waals surface area contributed by atoms with Crippen LogP contribution in [0.4, 0.5) is 0 Å². The molecule has 0 bridgehead atoms. The number of nitrogens with zero attached hydrogens (tertiary/aromatic N) is 6. The molecule has 132 valence electrons. The van der Waals surface area contributed by atoms with Gasteiger partial charge in [0.05, 0.1) is 0 Å². The Labute approximate surface area is 150 Å². The molecule has 3 aromatic rings. The van der Waals surface area contributed by atoms with E-state index in [0.29, 0.717) is 17.2 Å². The Morgan fingerprint density at radius 2 is 1.62 bits per heavy atom. The van der Waals surface area contributed by atoms with Crippen molar-refractivity contribution < 1.29 is 9.68 Å². The molecule has 2 aromatic carbocycles. The average Bonchev–Trinajstić information content (AvgIpc) is 3.11. The third-order valence-corrected chi connectivity index (χ3v) is 3.54. The van der Waals surface area contributed by atoms with Crippen LogP contribution in [0.5, 0.6) is 0 Å². The van der Waals surface area contributed by atoms with Gasteiger partial charge in [-0.05, 0) is 10.4 Å². The molecule has 0 aliphatic carbocycles. The first-order valence-electron chi connectivity index (χ1n) is 7.93. The van der Waals surface area contributed by atoms with Crippen LogP contribution in [0.2, 0.25) is 0 Å². The summed E-state index contributed by atoms with van der Waals surface area (Å²) in [4.78, 5) is 10.5. The molecule has 8 nitrogen and oxygen atoms in total. The number of benzene rings is 2. The number of aromatic nitrogens is 4. The number of tetrazole rings is 1. The summed E-state index contributed by atoms with van der Waals surface area (Å²) < 4.78 is 1.54. The Bertz CT molecular complexity index is 890. The van der Waals surface area contributed by atoms with E-state index in [0.717, 1.165) is 11.1 Å². The van der Waals surface area contributed by atoms with Crippen molar-refractivity contribution in [2.24, 2.45) is 17.4 Å². The third-order valence-electron chi connectivity index (χ3n) is 3.54. The van der Waals surface area contributed by atoms with E-state index in [1.165, 1.54) is 11.8 Å². The molecule has 0 saturated carbocycles. The largest absolute Gasteiger partial charge is 0.399 e. The highest BCUT2D eigenvalue weighted by Crippen LogP contribution is 2.09. The lowest BCUT2D eigenvalue weighted by molar-refractivity contribution is 0.173. The molecule has 0 aliphatic rings. The summed E-state index contributed by atoms with van der Waals surface area (Å²) in [5.74, 6) is 0.501. The van der Waals surface area contributed by atoms with Crippen LogP contribution in [0.3, 0.4) is 0 Å². The summed E-state index contributed by atoms with van der Waals surface area (Å²) >= 11 is 0. The highest BCUT2D eigenvalue weighted by molar-refractivity contribution is 6.10. The van der Waals surface area contributed by atoms with Gasteiger partial charge in [-0.25, -0.2) is 4.68 Å². The van der Waals surface area contributed by atoms with Gasteiger partial charge in [0.15, 0.2) is 12.3 Å². The highest BCUT2D eigenvalue weighted by Gasteiger charge is 2.15. The molecular weight excluding hydrogens is 332 g/mol. The van der Waals surface area contributed by atoms with Crippen LogP contribution in [0.1, 0.15) is 17.0 Å². The second kappa shape index (κ2) is 8.52. The van der Waals surface area contributed by atoms with E-state index in [1.807, 2.05) is 60.7 Å². The van der Waals surface area contributed by atoms with Gasteiger partial charge in [0.25, 0.3) is 0 Å². The molecule has 0 atom stereocenters. The fourth-order valence-electron chi connectivity index (χ4n) is 2.31. The van der Waals surface area contributed by atoms with Gasteiger partial charge in [0, 0.05) is 18.2 Å². The number of hydrogen-bond donors (Lipinski definition) is 0. The van der Waals surface area contributed by atoms with Crippen LogP contribution in [-0.4, -0.2) is 45.3 Å². The lowest BCUT2D eigenvalue weighted by atomic mass is 10.1. The minimum Gasteiger partial charge on any atom is -0.399 e. The first-order valence-corrected chi connectivity index (χ1v) is 7.93. The van der Waals surface area contributed by atoms with Crippen LogP contribution in [0, 0.1) is 0 Å². The van der Waals surface area contributed by atoms with Gasteiger partial charge in [-0.15, -0.1) is 5.10 Å². The van der Waals surface area contributed by atoms with Crippen molar-refractivity contribution >= 4 is 11.4 Å². The van der Waals surface area contributed by atoms with Crippen LogP contribution < -0.4 is 0 Å². The Balaban J connectivity index is 1.85. The van der Waals surface area contributed by atoms with Crippen molar-refractivity contribution in [1.29, 1.82) is 0 Å². The number of hydrogen-bond acceptors (Lipinski definition) is 7. The third kappa shape index (κ3) is 4.10. The van der Waals surface area contributed by atoms with Gasteiger partial charge < -0.3 is 9.68 Å². The van der Waals surface area contributed by atoms with E-state index in [2.05, 4.69) is 25.8 Å². The lowest BCUT2D eigenvalue weighted by Crippen LogP contribution is -2.14. The summed E-state index contributed by atoms with van der Waals surface area (Å²) in [6, 6.07) is 19.2. The van der Waals surface area contributed by atoms with Gasteiger partial charge in [-0.1, -0.05) is 71.0 Å². The second-order valence-corrected chi connectivity index (χ2v) is 5.29. The molecule has 0 radical (unpaired) electrons. The number of aryl methyl sites for hydroxylation is 1. The van der Waals surface area contributed by atoms with Crippen LogP contribution in [0.25, 0.3) is 0 Å². The number of oxime groups is 2. The van der Waals surface area contributed by atoms with Crippen molar-refractivity contribution in [3.8, 4) is 0 Å². The van der Waals surface area contributed by atoms with Gasteiger partial charge in [-0.3, -0.25) is 0 Å². The fraction of sp³-hybridized carbons (Fsp3) is 0.167. The smallest absolute Gasteiger partial charge is 0.204 e. The minimum atomic E-state index is 0.138. The second-order valence-electron chi connectivity index (χ2n) is 5.29. The Hall–Kier alpha value is -3.55. The maximum atomic E-state index is 5.57. The molecule has 0 fully saturated rings. The van der Waals surface area contributed by atoms with E-state index in [9.17, 15) is 0 Å². The normalized spacial score (nSPS) is 12.1. The standard InChI is InChI=1S/C18H18N6O2/c1-24-18(19-22-23-24)17(15-11-7-4-8-12-15)21-26-13-16(20-25-2)14-9-5-3-6-10-14/h3-12H,13H2,1-2H3/b20-16-,21-17-. The SMILES string of the molecule is CO/N=C(/CO/N=C(/c1ccccc1)c1nnnn1C)c1ccccc1. The van der Waals surface area contributed by atoms with Crippen LogP contribution >= 0.6 is 0 Å². The Morgan fingerprint density at radius 1 is 0.962 bits per heavy atom. The predicted molar refractivity (Wildman–Crippen MR) is 96.8 cm³/mol. The maximum Gasteiger partial charge on any atom is 0.204 e. The van der Waals surface area contributed by atoms with Gasteiger partial charge >= 0.3 is 0 Å². The summed E-state index contributed by atoms with van der Waals surface area (Å²) in [6.45, 7) is 0.138. The summed E-state index contributed by atoms with van der Waals surface area (Å²) in [5.41, 5.74) is 2.89. The molecule has 8 heteroatoms. The van der Waals surface area contributed by atoms with Crippen LogP contribution in [-0.2, 0) is 16.7 Å². The Kier molecular flexibility index (Phi) is 5.66. The van der Waals surface area contributed by atoms with E-state index >= 15 is 0 Å².